The zero-order chi connectivity index (χ0) is 15.7. The van der Waals surface area contributed by atoms with Crippen LogP contribution >= 0.6 is 0 Å². The molecule has 0 fully saturated rings. The first-order valence-electron chi connectivity index (χ1n) is 7.77. The predicted molar refractivity (Wildman–Crippen MR) is 86.1 cm³/mol. The highest BCUT2D eigenvalue weighted by Gasteiger charge is 2.15. The summed E-state index contributed by atoms with van der Waals surface area (Å²) < 4.78 is 5.36. The highest BCUT2D eigenvalue weighted by molar-refractivity contribution is 5.58. The average molecular weight is 294 g/mol. The molecule has 0 spiro atoms. The van der Waals surface area contributed by atoms with E-state index in [0.717, 1.165) is 18.7 Å². The molecule has 0 saturated carbocycles. The zero-order valence-corrected chi connectivity index (χ0v) is 13.2. The van der Waals surface area contributed by atoms with E-state index in [-0.39, 0.29) is 5.69 Å². The average Bonchev–Trinajstić information content (AvgIpc) is 2.47. The van der Waals surface area contributed by atoms with E-state index >= 15 is 0 Å². The smallest absolute Gasteiger partial charge is 0.311 e. The summed E-state index contributed by atoms with van der Waals surface area (Å²) in [5.74, 6) is 0.963. The van der Waals surface area contributed by atoms with Crippen LogP contribution in [0.15, 0.2) is 18.2 Å². The van der Waals surface area contributed by atoms with E-state index in [1.807, 2.05) is 6.92 Å². The molecule has 21 heavy (non-hydrogen) atoms. The molecule has 0 aromatic heterocycles. The molecule has 0 radical (unpaired) electrons. The van der Waals surface area contributed by atoms with Crippen LogP contribution in [0.1, 0.15) is 46.5 Å². The number of rotatable bonds is 10. The third kappa shape index (κ3) is 5.61. The van der Waals surface area contributed by atoms with Crippen molar-refractivity contribution in [1.82, 2.24) is 0 Å². The lowest BCUT2D eigenvalue weighted by molar-refractivity contribution is -0.385. The Hall–Kier alpha value is -1.78. The number of nitro benzene ring substituents is 1. The predicted octanol–water partition coefficient (Wildman–Crippen LogP) is 4.62. The lowest BCUT2D eigenvalue weighted by atomic mass is 9.99. The van der Waals surface area contributed by atoms with E-state index < -0.39 is 4.92 Å². The number of hydrogen-bond donors (Lipinski definition) is 1. The molecular weight excluding hydrogens is 268 g/mol. The second-order valence-corrected chi connectivity index (χ2v) is 5.17. The molecule has 5 heteroatoms. The maximum absolute atomic E-state index is 10.9. The molecule has 5 nitrogen and oxygen atoms in total. The molecule has 0 amide bonds. The summed E-state index contributed by atoms with van der Waals surface area (Å²) in [6.45, 7) is 7.52. The molecule has 0 aliphatic carbocycles. The quantitative estimate of drug-likeness (QED) is 0.505. The normalized spacial score (nSPS) is 12.0. The van der Waals surface area contributed by atoms with Gasteiger partial charge >= 0.3 is 5.69 Å². The first-order valence-corrected chi connectivity index (χ1v) is 7.77. The summed E-state index contributed by atoms with van der Waals surface area (Å²) in [4.78, 5) is 10.5. The SMILES string of the molecule is CCCCC(CC)CNc1ccc([N+](=O)[O-])c(OCC)c1. The summed E-state index contributed by atoms with van der Waals surface area (Å²) in [6.07, 6.45) is 4.80. The first-order chi connectivity index (χ1) is 10.1. The second-order valence-electron chi connectivity index (χ2n) is 5.17. The van der Waals surface area contributed by atoms with Gasteiger partial charge in [-0.05, 0) is 25.3 Å². The molecule has 1 atom stereocenters. The third-order valence-corrected chi connectivity index (χ3v) is 3.59. The van der Waals surface area contributed by atoms with Crippen LogP contribution in [0.4, 0.5) is 11.4 Å². The molecule has 0 saturated heterocycles. The summed E-state index contributed by atoms with van der Waals surface area (Å²) in [5, 5.41) is 14.3. The molecular formula is C16H26N2O3. The fourth-order valence-electron chi connectivity index (χ4n) is 2.25. The van der Waals surface area contributed by atoms with Gasteiger partial charge in [0.05, 0.1) is 11.5 Å². The molecule has 118 valence electrons. The van der Waals surface area contributed by atoms with Crippen molar-refractivity contribution in [1.29, 1.82) is 0 Å². The van der Waals surface area contributed by atoms with Gasteiger partial charge in [0, 0.05) is 24.4 Å². The number of benzene rings is 1. The Morgan fingerprint density at radius 2 is 2.10 bits per heavy atom. The van der Waals surface area contributed by atoms with Crippen molar-refractivity contribution in [2.75, 3.05) is 18.5 Å². The van der Waals surface area contributed by atoms with Crippen LogP contribution in [0.25, 0.3) is 0 Å². The van der Waals surface area contributed by atoms with Crippen molar-refractivity contribution >= 4 is 11.4 Å². The zero-order valence-electron chi connectivity index (χ0n) is 13.2. The van der Waals surface area contributed by atoms with E-state index in [1.54, 1.807) is 12.1 Å². The minimum atomic E-state index is -0.412. The number of nitrogens with one attached hydrogen (secondary N) is 1. The van der Waals surface area contributed by atoms with Crippen LogP contribution in [0.3, 0.4) is 0 Å². The monoisotopic (exact) mass is 294 g/mol. The molecule has 0 aliphatic heterocycles. The van der Waals surface area contributed by atoms with Crippen molar-refractivity contribution in [3.05, 3.63) is 28.3 Å². The number of unbranched alkanes of at least 4 members (excludes halogenated alkanes) is 1. The van der Waals surface area contributed by atoms with Crippen molar-refractivity contribution < 1.29 is 9.66 Å². The summed E-state index contributed by atoms with van der Waals surface area (Å²) in [6, 6.07) is 4.96. The minimum absolute atomic E-state index is 0.0143. The van der Waals surface area contributed by atoms with Gasteiger partial charge in [0.25, 0.3) is 0 Å². The van der Waals surface area contributed by atoms with Gasteiger partial charge in [0.1, 0.15) is 0 Å². The maximum Gasteiger partial charge on any atom is 0.311 e. The van der Waals surface area contributed by atoms with Crippen molar-refractivity contribution in [2.24, 2.45) is 5.92 Å². The van der Waals surface area contributed by atoms with Crippen LogP contribution in [-0.2, 0) is 0 Å². The minimum Gasteiger partial charge on any atom is -0.487 e. The number of anilines is 1. The Balaban J connectivity index is 2.70. The van der Waals surface area contributed by atoms with Gasteiger partial charge < -0.3 is 10.1 Å². The van der Waals surface area contributed by atoms with Gasteiger partial charge in [0.15, 0.2) is 5.75 Å². The first kappa shape index (κ1) is 17.3. The van der Waals surface area contributed by atoms with Gasteiger partial charge in [-0.3, -0.25) is 10.1 Å². The largest absolute Gasteiger partial charge is 0.487 e. The number of ether oxygens (including phenoxy) is 1. The van der Waals surface area contributed by atoms with Crippen molar-refractivity contribution in [3.8, 4) is 5.75 Å². The number of hydrogen-bond acceptors (Lipinski definition) is 4. The van der Waals surface area contributed by atoms with E-state index in [4.69, 9.17) is 4.74 Å². The summed E-state index contributed by atoms with van der Waals surface area (Å²) in [7, 11) is 0. The van der Waals surface area contributed by atoms with Crippen molar-refractivity contribution in [3.63, 3.8) is 0 Å². The maximum atomic E-state index is 10.9. The molecule has 0 aliphatic rings. The molecule has 1 aromatic rings. The Morgan fingerprint density at radius 3 is 2.67 bits per heavy atom. The molecule has 0 bridgehead atoms. The Labute approximate surface area is 126 Å². The van der Waals surface area contributed by atoms with Gasteiger partial charge in [-0.2, -0.15) is 0 Å². The Bertz CT molecular complexity index is 449. The molecule has 1 rings (SSSR count). The fourth-order valence-corrected chi connectivity index (χ4v) is 2.25. The fraction of sp³-hybridized carbons (Fsp3) is 0.625. The molecule has 1 N–H and O–H groups in total. The standard InChI is InChI=1S/C16H26N2O3/c1-4-7-8-13(5-2)12-17-14-9-10-15(18(19)20)16(11-14)21-6-3/h9-11,13,17H,4-8,12H2,1-3H3. The van der Waals surface area contributed by atoms with E-state index in [1.165, 1.54) is 25.3 Å². The summed E-state index contributed by atoms with van der Waals surface area (Å²) in [5.41, 5.74) is 0.888. The number of nitro groups is 1. The lowest BCUT2D eigenvalue weighted by Crippen LogP contribution is -2.13. The topological polar surface area (TPSA) is 64.4 Å². The lowest BCUT2D eigenvalue weighted by Gasteiger charge is -2.16. The van der Waals surface area contributed by atoms with Gasteiger partial charge in [-0.15, -0.1) is 0 Å². The Morgan fingerprint density at radius 1 is 1.33 bits per heavy atom. The van der Waals surface area contributed by atoms with E-state index in [0.29, 0.717) is 18.3 Å². The van der Waals surface area contributed by atoms with Crippen LogP contribution < -0.4 is 10.1 Å². The van der Waals surface area contributed by atoms with Crippen LogP contribution in [0, 0.1) is 16.0 Å². The second kappa shape index (κ2) is 9.21. The van der Waals surface area contributed by atoms with Crippen LogP contribution in [-0.4, -0.2) is 18.1 Å². The highest BCUT2D eigenvalue weighted by atomic mass is 16.6. The third-order valence-electron chi connectivity index (χ3n) is 3.59. The molecule has 0 heterocycles. The van der Waals surface area contributed by atoms with Gasteiger partial charge in [-0.25, -0.2) is 0 Å². The molecule has 1 aromatic carbocycles. The van der Waals surface area contributed by atoms with Crippen LogP contribution in [0.5, 0.6) is 5.75 Å². The highest BCUT2D eigenvalue weighted by Crippen LogP contribution is 2.30. The Kier molecular flexibility index (Phi) is 7.58. The van der Waals surface area contributed by atoms with Crippen LogP contribution in [0.2, 0.25) is 0 Å². The van der Waals surface area contributed by atoms with E-state index in [9.17, 15) is 10.1 Å². The van der Waals surface area contributed by atoms with E-state index in [2.05, 4.69) is 19.2 Å². The van der Waals surface area contributed by atoms with Gasteiger partial charge in [0.2, 0.25) is 0 Å². The van der Waals surface area contributed by atoms with Gasteiger partial charge in [-0.1, -0.05) is 33.1 Å². The van der Waals surface area contributed by atoms with Crippen molar-refractivity contribution in [2.45, 2.75) is 46.5 Å². The summed E-state index contributed by atoms with van der Waals surface area (Å²) >= 11 is 0. The number of nitrogens with zero attached hydrogens (tertiary/aromatic N) is 1. The molecule has 1 unspecified atom stereocenters.